The first-order valence-corrected chi connectivity index (χ1v) is 6.37. The summed E-state index contributed by atoms with van der Waals surface area (Å²) in [7, 11) is 1.54. The Morgan fingerprint density at radius 1 is 1.50 bits per heavy atom. The summed E-state index contributed by atoms with van der Waals surface area (Å²) in [5.41, 5.74) is -0.443. The van der Waals surface area contributed by atoms with Crippen molar-refractivity contribution >= 4 is 45.1 Å². The van der Waals surface area contributed by atoms with Crippen LogP contribution in [0.3, 0.4) is 0 Å². The molecule has 0 saturated carbocycles. The number of nitrogens with zero attached hydrogens (tertiary/aromatic N) is 2. The van der Waals surface area contributed by atoms with E-state index in [1.54, 1.807) is 13.3 Å². The summed E-state index contributed by atoms with van der Waals surface area (Å²) < 4.78 is 5.76. The Bertz CT molecular complexity index is 361. The zero-order chi connectivity index (χ0) is 12.2. The second-order valence-electron chi connectivity index (χ2n) is 3.50. The quantitative estimate of drug-likeness (QED) is 0.844. The van der Waals surface area contributed by atoms with Crippen LogP contribution in [0.4, 0.5) is 5.95 Å². The summed E-state index contributed by atoms with van der Waals surface area (Å²) in [6.45, 7) is 1.89. The van der Waals surface area contributed by atoms with E-state index in [-0.39, 0.29) is 0 Å². The molecule has 0 bridgehead atoms. The molecule has 16 heavy (non-hydrogen) atoms. The van der Waals surface area contributed by atoms with Crippen LogP contribution in [0.5, 0.6) is 5.88 Å². The van der Waals surface area contributed by atoms with E-state index in [0.717, 1.165) is 0 Å². The minimum absolute atomic E-state index is 0.359. The highest BCUT2D eigenvalue weighted by molar-refractivity contribution is 9.10. The maximum absolute atomic E-state index is 5.82. The van der Waals surface area contributed by atoms with Gasteiger partial charge in [0, 0.05) is 11.8 Å². The van der Waals surface area contributed by atoms with Crippen LogP contribution in [0.15, 0.2) is 10.7 Å². The third-order valence-electron chi connectivity index (χ3n) is 1.91. The van der Waals surface area contributed by atoms with Crippen LogP contribution < -0.4 is 10.1 Å². The van der Waals surface area contributed by atoms with E-state index in [2.05, 4.69) is 31.2 Å². The van der Waals surface area contributed by atoms with Crippen LogP contribution in [0, 0.1) is 0 Å². The van der Waals surface area contributed by atoms with Gasteiger partial charge in [-0.15, -0.1) is 23.2 Å². The van der Waals surface area contributed by atoms with E-state index in [1.165, 1.54) is 0 Å². The van der Waals surface area contributed by atoms with Gasteiger partial charge in [0.15, 0.2) is 0 Å². The van der Waals surface area contributed by atoms with Gasteiger partial charge >= 0.3 is 0 Å². The molecule has 1 rings (SSSR count). The van der Waals surface area contributed by atoms with Crippen molar-refractivity contribution in [3.05, 3.63) is 10.7 Å². The van der Waals surface area contributed by atoms with Gasteiger partial charge < -0.3 is 10.1 Å². The number of ether oxygens (including phenoxy) is 1. The summed E-state index contributed by atoms with van der Waals surface area (Å²) >= 11 is 14.9. The highest BCUT2D eigenvalue weighted by Crippen LogP contribution is 2.23. The van der Waals surface area contributed by atoms with Crippen LogP contribution in [0.2, 0.25) is 0 Å². The molecule has 0 saturated heterocycles. The summed E-state index contributed by atoms with van der Waals surface area (Å²) in [6, 6.07) is 0. The van der Waals surface area contributed by atoms with Gasteiger partial charge in [-0.3, -0.25) is 0 Å². The molecule has 7 heteroatoms. The average Bonchev–Trinajstić information content (AvgIpc) is 2.31. The van der Waals surface area contributed by atoms with E-state index >= 15 is 0 Å². The number of aromatic nitrogens is 2. The molecular weight excluding hydrogens is 317 g/mol. The van der Waals surface area contributed by atoms with Crippen molar-refractivity contribution in [2.45, 2.75) is 12.5 Å². The van der Waals surface area contributed by atoms with Crippen molar-refractivity contribution < 1.29 is 4.74 Å². The van der Waals surface area contributed by atoms with Gasteiger partial charge in [0.1, 0.15) is 0 Å². The standard InChI is InChI=1S/C9H12BrCl2N3O/c1-9(4-11,5-12)15-8-13-3-6(10)7(14-8)16-2/h3H,4-5H2,1-2H3,(H,13,14,15). The van der Waals surface area contributed by atoms with Crippen molar-refractivity contribution in [3.8, 4) is 5.88 Å². The molecule has 0 radical (unpaired) electrons. The van der Waals surface area contributed by atoms with Crippen LogP contribution in [-0.4, -0.2) is 34.4 Å². The number of anilines is 1. The smallest absolute Gasteiger partial charge is 0.232 e. The van der Waals surface area contributed by atoms with Crippen molar-refractivity contribution in [1.82, 2.24) is 9.97 Å². The fourth-order valence-electron chi connectivity index (χ4n) is 0.927. The molecule has 90 valence electrons. The molecule has 0 aliphatic heterocycles. The molecule has 0 atom stereocenters. The lowest BCUT2D eigenvalue weighted by molar-refractivity contribution is 0.394. The Kier molecular flexibility index (Phi) is 5.08. The number of alkyl halides is 2. The van der Waals surface area contributed by atoms with E-state index in [1.807, 2.05) is 6.92 Å². The Morgan fingerprint density at radius 2 is 2.12 bits per heavy atom. The lowest BCUT2D eigenvalue weighted by atomic mass is 10.1. The summed E-state index contributed by atoms with van der Waals surface area (Å²) in [4.78, 5) is 8.26. The Balaban J connectivity index is 2.89. The van der Waals surface area contributed by atoms with Gasteiger partial charge in [-0.1, -0.05) is 0 Å². The minimum Gasteiger partial charge on any atom is -0.480 e. The first-order valence-electron chi connectivity index (χ1n) is 4.51. The normalized spacial score (nSPS) is 11.3. The molecule has 1 heterocycles. The van der Waals surface area contributed by atoms with E-state index in [9.17, 15) is 0 Å². The van der Waals surface area contributed by atoms with E-state index in [4.69, 9.17) is 27.9 Å². The molecule has 1 aromatic rings. The van der Waals surface area contributed by atoms with Gasteiger partial charge in [-0.2, -0.15) is 4.98 Å². The minimum atomic E-state index is -0.443. The number of methoxy groups -OCH3 is 1. The summed E-state index contributed by atoms with van der Waals surface area (Å²) in [6.07, 6.45) is 1.61. The largest absolute Gasteiger partial charge is 0.480 e. The molecule has 0 fully saturated rings. The Labute approximate surface area is 113 Å². The lowest BCUT2D eigenvalue weighted by Crippen LogP contribution is -2.39. The third-order valence-corrected chi connectivity index (χ3v) is 3.63. The van der Waals surface area contributed by atoms with Crippen LogP contribution in [-0.2, 0) is 0 Å². The molecule has 0 aliphatic carbocycles. The first kappa shape index (κ1) is 13.8. The number of hydrogen-bond donors (Lipinski definition) is 1. The zero-order valence-corrected chi connectivity index (χ0v) is 12.0. The monoisotopic (exact) mass is 327 g/mol. The first-order chi connectivity index (χ1) is 7.54. The molecule has 0 aliphatic rings. The van der Waals surface area contributed by atoms with E-state index < -0.39 is 5.54 Å². The molecular formula is C9H12BrCl2N3O. The SMILES string of the molecule is COc1nc(NC(C)(CCl)CCl)ncc1Br. The predicted molar refractivity (Wildman–Crippen MR) is 69.8 cm³/mol. The number of hydrogen-bond acceptors (Lipinski definition) is 4. The summed E-state index contributed by atoms with van der Waals surface area (Å²) in [5.74, 6) is 1.61. The third kappa shape index (κ3) is 3.37. The molecule has 0 aromatic carbocycles. The maximum Gasteiger partial charge on any atom is 0.232 e. The van der Waals surface area contributed by atoms with Crippen LogP contribution in [0.25, 0.3) is 0 Å². The second-order valence-corrected chi connectivity index (χ2v) is 4.89. The van der Waals surface area contributed by atoms with Gasteiger partial charge in [-0.05, 0) is 22.9 Å². The highest BCUT2D eigenvalue weighted by atomic mass is 79.9. The molecule has 0 unspecified atom stereocenters. The molecule has 1 N–H and O–H groups in total. The zero-order valence-electron chi connectivity index (χ0n) is 8.93. The number of halogens is 3. The van der Waals surface area contributed by atoms with Gasteiger partial charge in [-0.25, -0.2) is 4.98 Å². The molecule has 0 amide bonds. The second kappa shape index (κ2) is 5.89. The maximum atomic E-state index is 5.82. The Hall–Kier alpha value is -0.260. The fraction of sp³-hybridized carbons (Fsp3) is 0.556. The highest BCUT2D eigenvalue weighted by Gasteiger charge is 2.23. The van der Waals surface area contributed by atoms with Crippen molar-refractivity contribution in [1.29, 1.82) is 0 Å². The van der Waals surface area contributed by atoms with Crippen LogP contribution >= 0.6 is 39.1 Å². The molecule has 4 nitrogen and oxygen atoms in total. The number of rotatable bonds is 5. The van der Waals surface area contributed by atoms with Crippen molar-refractivity contribution in [2.24, 2.45) is 0 Å². The van der Waals surface area contributed by atoms with E-state index in [0.29, 0.717) is 28.1 Å². The molecule has 0 spiro atoms. The lowest BCUT2D eigenvalue weighted by Gasteiger charge is -2.25. The van der Waals surface area contributed by atoms with Crippen LogP contribution in [0.1, 0.15) is 6.92 Å². The van der Waals surface area contributed by atoms with Gasteiger partial charge in [0.05, 0.1) is 23.3 Å². The fourth-order valence-corrected chi connectivity index (χ4v) is 1.70. The Morgan fingerprint density at radius 3 is 2.62 bits per heavy atom. The predicted octanol–water partition coefficient (Wildman–Crippen LogP) is 2.90. The average molecular weight is 329 g/mol. The number of nitrogens with one attached hydrogen (secondary N) is 1. The summed E-state index contributed by atoms with van der Waals surface area (Å²) in [5, 5.41) is 3.07. The molecule has 1 aromatic heterocycles. The van der Waals surface area contributed by atoms with Crippen molar-refractivity contribution in [2.75, 3.05) is 24.2 Å². The van der Waals surface area contributed by atoms with Crippen molar-refractivity contribution in [3.63, 3.8) is 0 Å². The topological polar surface area (TPSA) is 47.0 Å². The van der Waals surface area contributed by atoms with Gasteiger partial charge in [0.25, 0.3) is 0 Å². The van der Waals surface area contributed by atoms with Gasteiger partial charge in [0.2, 0.25) is 11.8 Å².